The van der Waals surface area contributed by atoms with Crippen LogP contribution >= 0.6 is 0 Å². The Hall–Kier alpha value is -2.84. The summed E-state index contributed by atoms with van der Waals surface area (Å²) in [7, 11) is 0. The zero-order valence-corrected chi connectivity index (χ0v) is 9.79. The van der Waals surface area contributed by atoms with E-state index in [1.807, 2.05) is 0 Å². The summed E-state index contributed by atoms with van der Waals surface area (Å²) < 4.78 is 27.8. The molecule has 0 bridgehead atoms. The van der Waals surface area contributed by atoms with Crippen LogP contribution in [0.2, 0.25) is 0 Å². The van der Waals surface area contributed by atoms with Gasteiger partial charge in [-0.15, -0.1) is 0 Å². The van der Waals surface area contributed by atoms with Gasteiger partial charge in [-0.1, -0.05) is 5.10 Å². The highest BCUT2D eigenvalue weighted by Crippen LogP contribution is 2.28. The van der Waals surface area contributed by atoms with Crippen molar-refractivity contribution in [1.29, 1.82) is 0 Å². The lowest BCUT2D eigenvalue weighted by atomic mass is 10.0. The number of benzene rings is 1. The number of aliphatic carboxylic acids is 1. The number of carboxylic acids is 1. The molecule has 0 radical (unpaired) electrons. The zero-order chi connectivity index (χ0) is 14.3. The van der Waals surface area contributed by atoms with Crippen LogP contribution < -0.4 is 5.32 Å². The quantitative estimate of drug-likeness (QED) is 0.849. The van der Waals surface area contributed by atoms with Gasteiger partial charge in [0.05, 0.1) is 0 Å². The van der Waals surface area contributed by atoms with Gasteiger partial charge >= 0.3 is 5.97 Å². The Morgan fingerprint density at radius 2 is 2.00 bits per heavy atom. The number of carboxylic acid groups (broad SMARTS) is 1. The maximum atomic E-state index is 13.3. The Morgan fingerprint density at radius 3 is 2.65 bits per heavy atom. The van der Waals surface area contributed by atoms with Crippen LogP contribution in [-0.2, 0) is 4.79 Å². The number of tetrazole rings is 1. The summed E-state index contributed by atoms with van der Waals surface area (Å²) in [5.41, 5.74) is 0.0401. The topological polar surface area (TPSA) is 92.9 Å². The highest BCUT2D eigenvalue weighted by molar-refractivity contribution is 5.90. The van der Waals surface area contributed by atoms with Crippen molar-refractivity contribution >= 4 is 11.9 Å². The zero-order valence-electron chi connectivity index (χ0n) is 9.79. The predicted octanol–water partition coefficient (Wildman–Crippen LogP) is 0.935. The third-order valence-electron chi connectivity index (χ3n) is 2.78. The summed E-state index contributed by atoms with van der Waals surface area (Å²) in [5.74, 6) is -2.67. The van der Waals surface area contributed by atoms with E-state index in [1.54, 1.807) is 0 Å². The van der Waals surface area contributed by atoms with Gasteiger partial charge in [0.2, 0.25) is 5.95 Å². The molecule has 0 saturated carbocycles. The molecule has 9 heteroatoms. The minimum Gasteiger partial charge on any atom is -0.477 e. The Bertz CT molecular complexity index is 707. The first-order chi connectivity index (χ1) is 9.54. The first-order valence-corrected chi connectivity index (χ1v) is 5.50. The minimum absolute atomic E-state index is 0.0829. The second-order valence-electron chi connectivity index (χ2n) is 4.11. The van der Waals surface area contributed by atoms with Crippen LogP contribution in [0.25, 0.3) is 0 Å². The van der Waals surface area contributed by atoms with Gasteiger partial charge in [0.25, 0.3) is 0 Å². The Balaban J connectivity index is 2.14. The lowest BCUT2D eigenvalue weighted by molar-refractivity contribution is -0.132. The first-order valence-electron chi connectivity index (χ1n) is 5.50. The van der Waals surface area contributed by atoms with Gasteiger partial charge in [-0.2, -0.15) is 4.68 Å². The molecule has 0 aliphatic carbocycles. The summed E-state index contributed by atoms with van der Waals surface area (Å²) in [4.78, 5) is 11.0. The molecule has 0 spiro atoms. The molecule has 1 aromatic heterocycles. The molecule has 1 aliphatic rings. The normalized spacial score (nSPS) is 17.1. The standard InChI is InChI=1S/C11H7F2N5O2/c12-6-1-5(2-7(13)3-6)9-4-8(10(19)20)14-11-15-16-17-18(9)11/h1-4,9H,(H,19,20)(H,14,15,17)/t9-/m0/s1. The number of carbonyl (C=O) groups is 1. The largest absolute Gasteiger partial charge is 0.477 e. The van der Waals surface area contributed by atoms with Crippen molar-refractivity contribution in [2.45, 2.75) is 6.04 Å². The maximum Gasteiger partial charge on any atom is 0.352 e. The molecule has 1 aliphatic heterocycles. The summed E-state index contributed by atoms with van der Waals surface area (Å²) >= 11 is 0. The molecule has 7 nitrogen and oxygen atoms in total. The second kappa shape index (κ2) is 4.37. The fourth-order valence-corrected chi connectivity index (χ4v) is 1.96. The van der Waals surface area contributed by atoms with E-state index >= 15 is 0 Å². The van der Waals surface area contributed by atoms with Crippen LogP contribution in [0.4, 0.5) is 14.7 Å². The van der Waals surface area contributed by atoms with Gasteiger partial charge in [0, 0.05) is 6.07 Å². The molecule has 2 aromatic rings. The molecule has 0 unspecified atom stereocenters. The number of nitrogens with zero attached hydrogens (tertiary/aromatic N) is 4. The number of hydrogen-bond donors (Lipinski definition) is 2. The van der Waals surface area contributed by atoms with Crippen molar-refractivity contribution in [2.24, 2.45) is 0 Å². The van der Waals surface area contributed by atoms with Gasteiger partial charge in [0.15, 0.2) is 0 Å². The third-order valence-corrected chi connectivity index (χ3v) is 2.78. The van der Waals surface area contributed by atoms with Crippen LogP contribution in [0, 0.1) is 11.6 Å². The molecule has 0 saturated heterocycles. The van der Waals surface area contributed by atoms with Gasteiger partial charge < -0.3 is 10.4 Å². The van der Waals surface area contributed by atoms with E-state index in [9.17, 15) is 13.6 Å². The Kier molecular flexibility index (Phi) is 2.67. The van der Waals surface area contributed by atoms with Crippen LogP contribution in [0.15, 0.2) is 30.0 Å². The molecule has 0 fully saturated rings. The number of nitrogens with one attached hydrogen (secondary N) is 1. The number of allylic oxidation sites excluding steroid dienone is 1. The molecule has 2 N–H and O–H groups in total. The number of fused-ring (bicyclic) bond motifs is 1. The first kappa shape index (κ1) is 12.2. The number of rotatable bonds is 2. The molecule has 3 rings (SSSR count). The number of anilines is 1. The van der Waals surface area contributed by atoms with Crippen LogP contribution in [0.3, 0.4) is 0 Å². The minimum atomic E-state index is -1.22. The van der Waals surface area contributed by atoms with E-state index in [-0.39, 0.29) is 17.2 Å². The molecule has 102 valence electrons. The summed E-state index contributed by atoms with van der Waals surface area (Å²) in [6, 6.07) is 2.12. The van der Waals surface area contributed by atoms with Crippen molar-refractivity contribution in [3.63, 3.8) is 0 Å². The van der Waals surface area contributed by atoms with E-state index in [0.717, 1.165) is 18.2 Å². The van der Waals surface area contributed by atoms with Crippen molar-refractivity contribution in [3.8, 4) is 0 Å². The van der Waals surface area contributed by atoms with E-state index in [1.165, 1.54) is 10.8 Å². The van der Waals surface area contributed by atoms with Crippen molar-refractivity contribution in [1.82, 2.24) is 20.2 Å². The summed E-state index contributed by atoms with van der Waals surface area (Å²) in [6.07, 6.45) is 1.28. The van der Waals surface area contributed by atoms with E-state index in [0.29, 0.717) is 0 Å². The van der Waals surface area contributed by atoms with Crippen molar-refractivity contribution in [2.75, 3.05) is 5.32 Å². The molecule has 0 amide bonds. The van der Waals surface area contributed by atoms with Crippen LogP contribution in [0.1, 0.15) is 11.6 Å². The van der Waals surface area contributed by atoms with Gasteiger partial charge in [0.1, 0.15) is 23.4 Å². The second-order valence-corrected chi connectivity index (χ2v) is 4.11. The van der Waals surface area contributed by atoms with Gasteiger partial charge in [-0.3, -0.25) is 0 Å². The van der Waals surface area contributed by atoms with E-state index < -0.39 is 23.6 Å². The fraction of sp³-hybridized carbons (Fsp3) is 0.0909. The number of aromatic nitrogens is 4. The molecular weight excluding hydrogens is 272 g/mol. The SMILES string of the molecule is O=C(O)C1=C[C@@H](c2cc(F)cc(F)c2)n2nnnc2N1. The summed E-state index contributed by atoms with van der Waals surface area (Å²) in [5, 5.41) is 22.2. The highest BCUT2D eigenvalue weighted by Gasteiger charge is 2.27. The predicted molar refractivity (Wildman–Crippen MR) is 61.7 cm³/mol. The maximum absolute atomic E-state index is 13.3. The number of hydrogen-bond acceptors (Lipinski definition) is 5. The van der Waals surface area contributed by atoms with Crippen LogP contribution in [0.5, 0.6) is 0 Å². The molecule has 1 aromatic carbocycles. The number of halogens is 2. The molecular formula is C11H7F2N5O2. The van der Waals surface area contributed by atoms with E-state index in [2.05, 4.69) is 20.8 Å². The third kappa shape index (κ3) is 1.98. The lowest BCUT2D eigenvalue weighted by Crippen LogP contribution is -2.24. The average Bonchev–Trinajstić information content (AvgIpc) is 2.84. The lowest BCUT2D eigenvalue weighted by Gasteiger charge is -2.21. The monoisotopic (exact) mass is 279 g/mol. The average molecular weight is 279 g/mol. The van der Waals surface area contributed by atoms with Gasteiger partial charge in [-0.25, -0.2) is 13.6 Å². The summed E-state index contributed by atoms with van der Waals surface area (Å²) in [6.45, 7) is 0. The smallest absolute Gasteiger partial charge is 0.352 e. The molecule has 1 atom stereocenters. The van der Waals surface area contributed by atoms with Gasteiger partial charge in [-0.05, 0) is 34.2 Å². The molecule has 20 heavy (non-hydrogen) atoms. The van der Waals surface area contributed by atoms with Crippen LogP contribution in [-0.4, -0.2) is 31.3 Å². The molecule has 2 heterocycles. The van der Waals surface area contributed by atoms with E-state index in [4.69, 9.17) is 5.11 Å². The fourth-order valence-electron chi connectivity index (χ4n) is 1.96. The highest BCUT2D eigenvalue weighted by atomic mass is 19.1. The van der Waals surface area contributed by atoms with Crippen molar-refractivity contribution in [3.05, 3.63) is 47.2 Å². The Morgan fingerprint density at radius 1 is 1.30 bits per heavy atom. The Labute approximate surface area is 110 Å². The van der Waals surface area contributed by atoms with Crippen molar-refractivity contribution < 1.29 is 18.7 Å².